The molecule has 0 atom stereocenters. The van der Waals surface area contributed by atoms with E-state index in [4.69, 9.17) is 4.74 Å². The lowest BCUT2D eigenvalue weighted by Gasteiger charge is -2.13. The second-order valence-electron chi connectivity index (χ2n) is 4.34. The number of hydrogen-bond donors (Lipinski definition) is 0. The summed E-state index contributed by atoms with van der Waals surface area (Å²) < 4.78 is 57.3. The van der Waals surface area contributed by atoms with Crippen LogP contribution in [0.1, 0.15) is 11.1 Å². The van der Waals surface area contributed by atoms with Crippen LogP contribution in [-0.4, -0.2) is 13.3 Å². The van der Waals surface area contributed by atoms with Crippen LogP contribution in [0.15, 0.2) is 48.5 Å². The fraction of sp³-hybridized carbons (Fsp3) is 0.125. The van der Waals surface area contributed by atoms with E-state index in [1.807, 2.05) is 0 Å². The molecule has 2 rings (SSSR count). The quantitative estimate of drug-likeness (QED) is 0.576. The zero-order valence-electron chi connectivity index (χ0n) is 11.1. The molecule has 0 radical (unpaired) electrons. The molecule has 0 heterocycles. The van der Waals surface area contributed by atoms with Gasteiger partial charge in [-0.3, -0.25) is 0 Å². The van der Waals surface area contributed by atoms with Crippen molar-refractivity contribution in [3.63, 3.8) is 0 Å². The third kappa shape index (κ3) is 3.84. The summed E-state index contributed by atoms with van der Waals surface area (Å²) in [5.74, 6) is -0.0211. The maximum atomic E-state index is 13.2. The fourth-order valence-corrected chi connectivity index (χ4v) is 1.83. The summed E-state index contributed by atoms with van der Waals surface area (Å²) in [6.45, 7) is 0. The Kier molecular flexibility index (Phi) is 4.31. The van der Waals surface area contributed by atoms with Gasteiger partial charge in [0.2, 0.25) is 0 Å². The van der Waals surface area contributed by atoms with E-state index in [2.05, 4.69) is 0 Å². The van der Waals surface area contributed by atoms with Crippen molar-refractivity contribution in [1.82, 2.24) is 0 Å². The molecule has 2 aromatic carbocycles. The third-order valence-electron chi connectivity index (χ3n) is 2.89. The van der Waals surface area contributed by atoms with Gasteiger partial charge >= 0.3 is 6.18 Å². The Balaban J connectivity index is 2.45. The number of alkyl halides is 3. The van der Waals surface area contributed by atoms with Crippen LogP contribution in [-0.2, 0) is 0 Å². The van der Waals surface area contributed by atoms with E-state index in [1.54, 1.807) is 0 Å². The van der Waals surface area contributed by atoms with Crippen molar-refractivity contribution < 1.29 is 22.3 Å². The molecular weight excluding hydrogens is 284 g/mol. The Labute approximate surface area is 119 Å². The first-order chi connectivity index (χ1) is 9.90. The van der Waals surface area contributed by atoms with E-state index in [-0.39, 0.29) is 11.1 Å². The van der Waals surface area contributed by atoms with Crippen molar-refractivity contribution >= 4 is 11.6 Å². The fourth-order valence-electron chi connectivity index (χ4n) is 1.83. The molecule has 0 unspecified atom stereocenters. The summed E-state index contributed by atoms with van der Waals surface area (Å²) in [5.41, 5.74) is -0.496. The van der Waals surface area contributed by atoms with Crippen molar-refractivity contribution in [1.29, 1.82) is 0 Å². The minimum Gasteiger partial charge on any atom is -0.497 e. The van der Waals surface area contributed by atoms with Crippen molar-refractivity contribution in [2.75, 3.05) is 7.11 Å². The number of benzene rings is 2. The molecule has 0 bridgehead atoms. The number of hydrogen-bond acceptors (Lipinski definition) is 1. The van der Waals surface area contributed by atoms with Crippen LogP contribution in [0, 0.1) is 5.82 Å². The summed E-state index contributed by atoms with van der Waals surface area (Å²) in [6.07, 6.45) is -3.52. The zero-order chi connectivity index (χ0) is 15.5. The molecule has 1 nitrogen and oxygen atoms in total. The van der Waals surface area contributed by atoms with Gasteiger partial charge in [0, 0.05) is 0 Å². The highest BCUT2D eigenvalue weighted by atomic mass is 19.4. The van der Waals surface area contributed by atoms with Crippen LogP contribution in [0.4, 0.5) is 17.6 Å². The molecule has 0 aromatic heterocycles. The van der Waals surface area contributed by atoms with Gasteiger partial charge in [0.25, 0.3) is 0 Å². The average Bonchev–Trinajstić information content (AvgIpc) is 2.45. The summed E-state index contributed by atoms with van der Waals surface area (Å²) in [7, 11) is 1.44. The van der Waals surface area contributed by atoms with Gasteiger partial charge in [-0.05, 0) is 41.5 Å². The molecule has 110 valence electrons. The topological polar surface area (TPSA) is 9.23 Å². The van der Waals surface area contributed by atoms with Crippen molar-refractivity contribution in [2.24, 2.45) is 0 Å². The third-order valence-corrected chi connectivity index (χ3v) is 2.89. The molecule has 2 aromatic rings. The monoisotopic (exact) mass is 296 g/mol. The highest BCUT2D eigenvalue weighted by Gasteiger charge is 2.34. The molecule has 0 aliphatic heterocycles. The van der Waals surface area contributed by atoms with Crippen LogP contribution < -0.4 is 4.74 Å². The number of methoxy groups -OCH3 is 1. The van der Waals surface area contributed by atoms with E-state index in [9.17, 15) is 17.6 Å². The Morgan fingerprint density at radius 1 is 0.952 bits per heavy atom. The lowest BCUT2D eigenvalue weighted by atomic mass is 10.0. The second kappa shape index (κ2) is 5.99. The highest BCUT2D eigenvalue weighted by molar-refractivity contribution is 5.84. The minimum absolute atomic E-state index is 0.0209. The minimum atomic E-state index is -4.51. The number of ether oxygens (including phenoxy) is 1. The molecule has 0 aliphatic carbocycles. The molecule has 0 spiro atoms. The first-order valence-corrected chi connectivity index (χ1v) is 6.09. The maximum absolute atomic E-state index is 13.2. The Morgan fingerprint density at radius 2 is 1.52 bits per heavy atom. The molecular formula is C16H12F4O. The van der Waals surface area contributed by atoms with Gasteiger partial charge in [0.05, 0.1) is 12.7 Å². The average molecular weight is 296 g/mol. The smallest absolute Gasteiger partial charge is 0.417 e. The van der Waals surface area contributed by atoms with E-state index < -0.39 is 17.6 Å². The first kappa shape index (κ1) is 15.1. The van der Waals surface area contributed by atoms with Crippen LogP contribution in [0.3, 0.4) is 0 Å². The molecule has 0 N–H and O–H groups in total. The predicted molar refractivity (Wildman–Crippen MR) is 73.3 cm³/mol. The Bertz CT molecular complexity index is 625. The molecule has 5 heteroatoms. The lowest BCUT2D eigenvalue weighted by Crippen LogP contribution is -2.10. The lowest BCUT2D eigenvalue weighted by molar-refractivity contribution is -0.0683. The molecule has 0 amide bonds. The normalized spacial score (nSPS) is 12.3. The number of halogens is 4. The van der Waals surface area contributed by atoms with E-state index >= 15 is 0 Å². The summed E-state index contributed by atoms with van der Waals surface area (Å²) in [5, 5.41) is 0. The Morgan fingerprint density at radius 3 is 2.00 bits per heavy atom. The Hall–Kier alpha value is -2.30. The van der Waals surface area contributed by atoms with Crippen LogP contribution in [0.25, 0.3) is 11.6 Å². The van der Waals surface area contributed by atoms with Gasteiger partial charge in [-0.25, -0.2) is 4.39 Å². The van der Waals surface area contributed by atoms with Gasteiger partial charge in [0.15, 0.2) is 0 Å². The second-order valence-corrected chi connectivity index (χ2v) is 4.34. The van der Waals surface area contributed by atoms with Gasteiger partial charge < -0.3 is 4.74 Å². The van der Waals surface area contributed by atoms with Crippen molar-refractivity contribution in [3.8, 4) is 5.75 Å². The molecule has 0 saturated carbocycles. The highest BCUT2D eigenvalue weighted by Crippen LogP contribution is 2.36. The van der Waals surface area contributed by atoms with Crippen LogP contribution in [0.5, 0.6) is 5.75 Å². The van der Waals surface area contributed by atoms with Gasteiger partial charge in [-0.1, -0.05) is 24.3 Å². The molecule has 0 saturated heterocycles. The van der Waals surface area contributed by atoms with Gasteiger partial charge in [0.1, 0.15) is 11.6 Å². The van der Waals surface area contributed by atoms with Crippen LogP contribution in [0.2, 0.25) is 0 Å². The number of allylic oxidation sites excluding steroid dienone is 1. The van der Waals surface area contributed by atoms with Crippen LogP contribution >= 0.6 is 0 Å². The number of rotatable bonds is 3. The summed E-state index contributed by atoms with van der Waals surface area (Å²) in [4.78, 5) is 0. The van der Waals surface area contributed by atoms with Crippen molar-refractivity contribution in [3.05, 3.63) is 65.5 Å². The largest absolute Gasteiger partial charge is 0.497 e. The summed E-state index contributed by atoms with van der Waals surface area (Å²) in [6, 6.07) is 10.4. The SMILES string of the molecule is COc1ccc(C(=Cc2ccc(F)cc2)C(F)(F)F)cc1. The standard InChI is InChI=1S/C16H12F4O/c1-21-14-8-4-12(5-9-14)15(16(18,19)20)10-11-2-6-13(17)7-3-11/h2-10H,1H3. The van der Waals surface area contributed by atoms with E-state index in [0.29, 0.717) is 5.75 Å². The van der Waals surface area contributed by atoms with Crippen molar-refractivity contribution in [2.45, 2.75) is 6.18 Å². The zero-order valence-corrected chi connectivity index (χ0v) is 11.1. The molecule has 21 heavy (non-hydrogen) atoms. The molecule has 0 fully saturated rings. The summed E-state index contributed by atoms with van der Waals surface area (Å²) >= 11 is 0. The van der Waals surface area contributed by atoms with E-state index in [0.717, 1.165) is 18.2 Å². The first-order valence-electron chi connectivity index (χ1n) is 6.09. The predicted octanol–water partition coefficient (Wildman–Crippen LogP) is 4.94. The van der Waals surface area contributed by atoms with Gasteiger partial charge in [-0.2, -0.15) is 13.2 Å². The van der Waals surface area contributed by atoms with E-state index in [1.165, 1.54) is 43.5 Å². The molecule has 0 aliphatic rings. The van der Waals surface area contributed by atoms with Gasteiger partial charge in [-0.15, -0.1) is 0 Å². The maximum Gasteiger partial charge on any atom is 0.417 e.